The van der Waals surface area contributed by atoms with E-state index in [4.69, 9.17) is 21.1 Å². The van der Waals surface area contributed by atoms with Gasteiger partial charge in [0.15, 0.2) is 12.1 Å². The van der Waals surface area contributed by atoms with Crippen LogP contribution in [0.2, 0.25) is 5.02 Å². The molecule has 1 aromatic carbocycles. The number of fused-ring (bicyclic) bond motifs is 1. The zero-order chi connectivity index (χ0) is 21.1. The lowest BCUT2D eigenvalue weighted by Crippen LogP contribution is -2.38. The lowest BCUT2D eigenvalue weighted by atomic mass is 10.1. The molecule has 2 aromatic rings. The molecule has 0 radical (unpaired) electrons. The quantitative estimate of drug-likeness (QED) is 0.474. The highest BCUT2D eigenvalue weighted by Gasteiger charge is 2.31. The standard InChI is InChI=1S/C19H21BrClN3O5/c1-10(25)28-11(2)29-18-3-4-22-17(18)5-12(26)8-24-9-23-16-7-14(20)15(21)6-13(16)19(24)27/h6-7,9,11,17-18,22H,3-5,8H2,1-2H3. The Kier molecular flexibility index (Phi) is 7.05. The van der Waals surface area contributed by atoms with Crippen molar-refractivity contribution in [1.29, 1.82) is 0 Å². The monoisotopic (exact) mass is 485 g/mol. The fourth-order valence-corrected chi connectivity index (χ4v) is 3.88. The second-order valence-corrected chi connectivity index (χ2v) is 8.17. The van der Waals surface area contributed by atoms with Crippen LogP contribution in [0.4, 0.5) is 0 Å². The second kappa shape index (κ2) is 9.34. The number of hydrogen-bond acceptors (Lipinski definition) is 7. The fraction of sp³-hybridized carbons (Fsp3) is 0.474. The van der Waals surface area contributed by atoms with Crippen LogP contribution in [0, 0.1) is 0 Å². The Balaban J connectivity index is 1.67. The zero-order valence-electron chi connectivity index (χ0n) is 16.0. The number of nitrogens with zero attached hydrogens (tertiary/aromatic N) is 2. The molecule has 1 N–H and O–H groups in total. The zero-order valence-corrected chi connectivity index (χ0v) is 18.3. The summed E-state index contributed by atoms with van der Waals surface area (Å²) in [4.78, 5) is 40.5. The molecule has 0 saturated carbocycles. The van der Waals surface area contributed by atoms with Crippen molar-refractivity contribution in [1.82, 2.24) is 14.9 Å². The van der Waals surface area contributed by atoms with Gasteiger partial charge in [0.25, 0.3) is 5.56 Å². The first-order valence-corrected chi connectivity index (χ1v) is 10.3. The summed E-state index contributed by atoms with van der Waals surface area (Å²) in [7, 11) is 0. The van der Waals surface area contributed by atoms with Crippen molar-refractivity contribution in [2.45, 2.75) is 51.7 Å². The number of rotatable bonds is 7. The molecule has 1 saturated heterocycles. The SMILES string of the molecule is CC(=O)OC(C)OC1CCNC1CC(=O)Cn1cnc2cc(Br)c(Cl)cc2c1=O. The van der Waals surface area contributed by atoms with E-state index in [2.05, 4.69) is 26.2 Å². The molecular weight excluding hydrogens is 466 g/mol. The topological polar surface area (TPSA) is 99.5 Å². The first kappa shape index (κ1) is 21.9. The van der Waals surface area contributed by atoms with Gasteiger partial charge in [0, 0.05) is 23.9 Å². The largest absolute Gasteiger partial charge is 0.436 e. The van der Waals surface area contributed by atoms with Crippen LogP contribution in [0.1, 0.15) is 26.7 Å². The number of aromatic nitrogens is 2. The molecule has 3 rings (SSSR count). The van der Waals surface area contributed by atoms with Gasteiger partial charge in [0.1, 0.15) is 0 Å². The Bertz CT molecular complexity index is 996. The molecule has 1 aliphatic rings. The Labute approximate surface area is 180 Å². The maximum absolute atomic E-state index is 12.7. The molecule has 1 aliphatic heterocycles. The van der Waals surface area contributed by atoms with Gasteiger partial charge in [-0.3, -0.25) is 19.0 Å². The molecular formula is C19H21BrClN3O5. The molecule has 1 aromatic heterocycles. The highest BCUT2D eigenvalue weighted by atomic mass is 79.9. The van der Waals surface area contributed by atoms with E-state index in [1.54, 1.807) is 13.0 Å². The van der Waals surface area contributed by atoms with Crippen LogP contribution in [0.25, 0.3) is 10.9 Å². The van der Waals surface area contributed by atoms with Crippen molar-refractivity contribution >= 4 is 50.2 Å². The molecule has 3 atom stereocenters. The summed E-state index contributed by atoms with van der Waals surface area (Å²) in [6.07, 6.45) is 1.31. The van der Waals surface area contributed by atoms with Crippen molar-refractivity contribution in [2.75, 3.05) is 6.54 Å². The van der Waals surface area contributed by atoms with Crippen molar-refractivity contribution in [3.8, 4) is 0 Å². The predicted octanol–water partition coefficient (Wildman–Crippen LogP) is 2.43. The Hall–Kier alpha value is -1.81. The van der Waals surface area contributed by atoms with Crippen molar-refractivity contribution in [3.05, 3.63) is 38.3 Å². The van der Waals surface area contributed by atoms with Gasteiger partial charge in [-0.1, -0.05) is 11.6 Å². The van der Waals surface area contributed by atoms with E-state index in [1.807, 2.05) is 0 Å². The summed E-state index contributed by atoms with van der Waals surface area (Å²) >= 11 is 9.38. The van der Waals surface area contributed by atoms with E-state index in [0.29, 0.717) is 33.4 Å². The van der Waals surface area contributed by atoms with Gasteiger partial charge in [-0.15, -0.1) is 0 Å². The number of halogens is 2. The van der Waals surface area contributed by atoms with Crippen molar-refractivity contribution in [3.63, 3.8) is 0 Å². The highest BCUT2D eigenvalue weighted by molar-refractivity contribution is 9.10. The van der Waals surface area contributed by atoms with Gasteiger partial charge in [-0.05, 0) is 48.0 Å². The Morgan fingerprint density at radius 1 is 1.45 bits per heavy atom. The molecule has 0 aliphatic carbocycles. The molecule has 3 unspecified atom stereocenters. The molecule has 0 amide bonds. The molecule has 1 fully saturated rings. The van der Waals surface area contributed by atoms with Gasteiger partial charge >= 0.3 is 5.97 Å². The number of Topliss-reactive ketones (excluding diaryl/α,β-unsaturated/α-hetero) is 1. The minimum absolute atomic E-state index is 0.0974. The maximum Gasteiger partial charge on any atom is 0.304 e. The summed E-state index contributed by atoms with van der Waals surface area (Å²) in [6, 6.07) is 2.99. The number of hydrogen-bond donors (Lipinski definition) is 1. The lowest BCUT2D eigenvalue weighted by Gasteiger charge is -2.23. The number of carbonyl (C=O) groups is 2. The van der Waals surface area contributed by atoms with E-state index in [0.717, 1.165) is 0 Å². The van der Waals surface area contributed by atoms with Crippen LogP contribution in [0.5, 0.6) is 0 Å². The van der Waals surface area contributed by atoms with Gasteiger partial charge < -0.3 is 14.8 Å². The Morgan fingerprint density at radius 3 is 2.93 bits per heavy atom. The molecule has 2 heterocycles. The van der Waals surface area contributed by atoms with E-state index in [9.17, 15) is 14.4 Å². The van der Waals surface area contributed by atoms with Crippen molar-refractivity contribution < 1.29 is 19.1 Å². The smallest absolute Gasteiger partial charge is 0.304 e. The average Bonchev–Trinajstić information content (AvgIpc) is 3.05. The van der Waals surface area contributed by atoms with Gasteiger partial charge in [-0.25, -0.2) is 4.98 Å². The number of carbonyl (C=O) groups excluding carboxylic acids is 2. The summed E-state index contributed by atoms with van der Waals surface area (Å²) in [6.45, 7) is 3.55. The van der Waals surface area contributed by atoms with Crippen LogP contribution in [-0.2, 0) is 25.6 Å². The van der Waals surface area contributed by atoms with E-state index >= 15 is 0 Å². The number of ether oxygens (including phenoxy) is 2. The third-order valence-corrected chi connectivity index (χ3v) is 5.84. The maximum atomic E-state index is 12.7. The number of ketones is 1. The van der Waals surface area contributed by atoms with E-state index in [1.165, 1.54) is 23.9 Å². The average molecular weight is 487 g/mol. The van der Waals surface area contributed by atoms with E-state index in [-0.39, 0.29) is 36.5 Å². The normalized spacial score (nSPS) is 20.0. The number of esters is 1. The molecule has 156 valence electrons. The molecule has 29 heavy (non-hydrogen) atoms. The van der Waals surface area contributed by atoms with Gasteiger partial charge in [0.05, 0.1) is 34.9 Å². The molecule has 0 bridgehead atoms. The highest BCUT2D eigenvalue weighted by Crippen LogP contribution is 2.25. The second-order valence-electron chi connectivity index (χ2n) is 6.90. The van der Waals surface area contributed by atoms with Crippen LogP contribution in [0.3, 0.4) is 0 Å². The minimum Gasteiger partial charge on any atom is -0.436 e. The fourth-order valence-electron chi connectivity index (χ4n) is 3.38. The lowest BCUT2D eigenvalue weighted by molar-refractivity contribution is -0.183. The van der Waals surface area contributed by atoms with Crippen LogP contribution in [0.15, 0.2) is 27.7 Å². The van der Waals surface area contributed by atoms with Crippen molar-refractivity contribution in [2.24, 2.45) is 0 Å². The summed E-state index contributed by atoms with van der Waals surface area (Å²) < 4.78 is 12.7. The van der Waals surface area contributed by atoms with Gasteiger partial charge in [-0.2, -0.15) is 0 Å². The predicted molar refractivity (Wildman–Crippen MR) is 111 cm³/mol. The Morgan fingerprint density at radius 2 is 2.21 bits per heavy atom. The van der Waals surface area contributed by atoms with Crippen LogP contribution < -0.4 is 10.9 Å². The first-order valence-electron chi connectivity index (χ1n) is 9.16. The first-order chi connectivity index (χ1) is 13.7. The number of benzene rings is 1. The summed E-state index contributed by atoms with van der Waals surface area (Å²) in [5.41, 5.74) is 0.175. The third kappa shape index (κ3) is 5.42. The van der Waals surface area contributed by atoms with Crippen LogP contribution in [-0.4, -0.2) is 46.3 Å². The van der Waals surface area contributed by atoms with Crippen LogP contribution >= 0.6 is 27.5 Å². The third-order valence-electron chi connectivity index (χ3n) is 4.64. The molecule has 10 heteroatoms. The van der Waals surface area contributed by atoms with E-state index < -0.39 is 12.3 Å². The summed E-state index contributed by atoms with van der Waals surface area (Å²) in [5, 5.41) is 3.98. The minimum atomic E-state index is -0.689. The molecule has 0 spiro atoms. The number of nitrogens with one attached hydrogen (secondary N) is 1. The van der Waals surface area contributed by atoms with Gasteiger partial charge in [0.2, 0.25) is 0 Å². The summed E-state index contributed by atoms with van der Waals surface area (Å²) in [5.74, 6) is -0.559. The molecule has 8 nitrogen and oxygen atoms in total.